The van der Waals surface area contributed by atoms with Gasteiger partial charge in [0.2, 0.25) is 5.75 Å². The fourth-order valence-electron chi connectivity index (χ4n) is 3.02. The van der Waals surface area contributed by atoms with Gasteiger partial charge >= 0.3 is 5.69 Å². The Morgan fingerprint density at radius 2 is 1.93 bits per heavy atom. The van der Waals surface area contributed by atoms with Crippen LogP contribution < -0.4 is 14.4 Å². The Morgan fingerprint density at radius 1 is 1.18 bits per heavy atom. The first-order valence-corrected chi connectivity index (χ1v) is 9.09. The number of carbonyl (C=O) groups is 1. The maximum absolute atomic E-state index is 12.4. The maximum atomic E-state index is 12.4. The van der Waals surface area contributed by atoms with Gasteiger partial charge in [-0.15, -0.1) is 0 Å². The zero-order valence-electron chi connectivity index (χ0n) is 15.3. The summed E-state index contributed by atoms with van der Waals surface area (Å²) in [5, 5.41) is 11.6. The number of hydrogen-bond donors (Lipinski definition) is 0. The largest absolute Gasteiger partial charge is 0.490 e. The van der Waals surface area contributed by atoms with Crippen LogP contribution in [0.25, 0.3) is 0 Å². The van der Waals surface area contributed by atoms with Crippen molar-refractivity contribution < 1.29 is 19.2 Å². The van der Waals surface area contributed by atoms with Crippen molar-refractivity contribution in [2.75, 3.05) is 44.8 Å². The van der Waals surface area contributed by atoms with E-state index in [9.17, 15) is 14.9 Å². The fourth-order valence-corrected chi connectivity index (χ4v) is 3.21. The Kier molecular flexibility index (Phi) is 6.20. The maximum Gasteiger partial charge on any atom is 0.311 e. The second-order valence-corrected chi connectivity index (χ2v) is 6.66. The number of carbonyl (C=O) groups excluding carboxylic acids is 1. The minimum absolute atomic E-state index is 0.0880. The van der Waals surface area contributed by atoms with Crippen molar-refractivity contribution in [3.8, 4) is 11.5 Å². The molecule has 0 unspecified atom stereocenters. The van der Waals surface area contributed by atoms with E-state index in [-0.39, 0.29) is 24.0 Å². The summed E-state index contributed by atoms with van der Waals surface area (Å²) in [4.78, 5) is 26.7. The van der Waals surface area contributed by atoms with Crippen LogP contribution >= 0.6 is 11.6 Å². The molecule has 9 heteroatoms. The summed E-state index contributed by atoms with van der Waals surface area (Å²) in [7, 11) is 1.34. The number of ether oxygens (including phenoxy) is 2. The molecular weight excluding hydrogens is 386 g/mol. The summed E-state index contributed by atoms with van der Waals surface area (Å²) in [6.45, 7) is 2.43. The van der Waals surface area contributed by atoms with E-state index >= 15 is 0 Å². The van der Waals surface area contributed by atoms with Crippen LogP contribution in [-0.2, 0) is 4.79 Å². The average Bonchev–Trinajstić information content (AvgIpc) is 2.71. The molecule has 1 saturated heterocycles. The topological polar surface area (TPSA) is 85.2 Å². The first kappa shape index (κ1) is 19.8. The molecule has 1 amide bonds. The number of benzene rings is 2. The Morgan fingerprint density at radius 3 is 2.57 bits per heavy atom. The van der Waals surface area contributed by atoms with E-state index in [1.165, 1.54) is 25.3 Å². The van der Waals surface area contributed by atoms with Crippen LogP contribution in [0.1, 0.15) is 0 Å². The van der Waals surface area contributed by atoms with E-state index in [1.54, 1.807) is 4.90 Å². The van der Waals surface area contributed by atoms with Crippen molar-refractivity contribution in [1.82, 2.24) is 4.90 Å². The highest BCUT2D eigenvalue weighted by atomic mass is 35.5. The lowest BCUT2D eigenvalue weighted by Gasteiger charge is -2.36. The van der Waals surface area contributed by atoms with E-state index in [4.69, 9.17) is 21.1 Å². The molecule has 0 aromatic heterocycles. The Hall–Kier alpha value is -3.00. The van der Waals surface area contributed by atoms with Gasteiger partial charge in [0.05, 0.1) is 12.0 Å². The van der Waals surface area contributed by atoms with Crippen molar-refractivity contribution in [3.63, 3.8) is 0 Å². The number of anilines is 1. The molecule has 1 fully saturated rings. The lowest BCUT2D eigenvalue weighted by molar-refractivity contribution is -0.385. The van der Waals surface area contributed by atoms with E-state index in [1.807, 2.05) is 24.3 Å². The molecule has 0 saturated carbocycles. The molecule has 0 radical (unpaired) electrons. The second kappa shape index (κ2) is 8.79. The van der Waals surface area contributed by atoms with Crippen LogP contribution in [0.5, 0.6) is 11.5 Å². The van der Waals surface area contributed by atoms with E-state index < -0.39 is 4.92 Å². The van der Waals surface area contributed by atoms with E-state index in [2.05, 4.69) is 4.90 Å². The van der Waals surface area contributed by atoms with Crippen molar-refractivity contribution in [2.24, 2.45) is 0 Å². The van der Waals surface area contributed by atoms with Gasteiger partial charge in [0.25, 0.3) is 5.91 Å². The summed E-state index contributed by atoms with van der Waals surface area (Å²) in [6, 6.07) is 11.8. The van der Waals surface area contributed by atoms with Gasteiger partial charge in [0, 0.05) is 49.0 Å². The Labute approximate surface area is 167 Å². The van der Waals surface area contributed by atoms with Gasteiger partial charge < -0.3 is 19.3 Å². The minimum atomic E-state index is -0.535. The molecule has 2 aromatic rings. The summed E-state index contributed by atoms with van der Waals surface area (Å²) < 4.78 is 10.5. The summed E-state index contributed by atoms with van der Waals surface area (Å²) in [5.74, 6) is 0.293. The number of nitrogens with zero attached hydrogens (tertiary/aromatic N) is 3. The number of hydrogen-bond acceptors (Lipinski definition) is 6. The van der Waals surface area contributed by atoms with Gasteiger partial charge in [-0.1, -0.05) is 17.7 Å². The molecule has 8 nitrogen and oxygen atoms in total. The molecule has 0 atom stereocenters. The van der Waals surface area contributed by atoms with E-state index in [0.29, 0.717) is 37.0 Å². The Balaban J connectivity index is 1.53. The summed E-state index contributed by atoms with van der Waals surface area (Å²) >= 11 is 6.04. The number of piperazine rings is 1. The SMILES string of the molecule is COc1cc(OCC(=O)N2CCN(c3cccc(Cl)c3)CC2)ccc1[N+](=O)[O-]. The fraction of sp³-hybridized carbons (Fsp3) is 0.316. The molecular formula is C19H20ClN3O5. The third-order valence-corrected chi connectivity index (χ3v) is 4.75. The molecule has 0 bridgehead atoms. The van der Waals surface area contributed by atoms with Crippen LogP contribution in [0.2, 0.25) is 5.02 Å². The monoisotopic (exact) mass is 405 g/mol. The zero-order chi connectivity index (χ0) is 20.1. The lowest BCUT2D eigenvalue weighted by Crippen LogP contribution is -2.50. The third-order valence-electron chi connectivity index (χ3n) is 4.52. The van der Waals surface area contributed by atoms with Crippen molar-refractivity contribution in [3.05, 3.63) is 57.6 Å². The minimum Gasteiger partial charge on any atom is -0.490 e. The normalized spacial score (nSPS) is 13.9. The Bertz CT molecular complexity index is 868. The molecule has 28 heavy (non-hydrogen) atoms. The standard InChI is InChI=1S/C19H20ClN3O5/c1-27-18-12-16(5-6-17(18)23(25)26)28-13-19(24)22-9-7-21(8-10-22)15-4-2-3-14(20)11-15/h2-6,11-12H,7-10,13H2,1H3. The van der Waals surface area contributed by atoms with Crippen LogP contribution in [0.4, 0.5) is 11.4 Å². The molecule has 0 aliphatic carbocycles. The smallest absolute Gasteiger partial charge is 0.311 e. The number of rotatable bonds is 6. The van der Waals surface area contributed by atoms with Gasteiger partial charge in [-0.05, 0) is 24.3 Å². The van der Waals surface area contributed by atoms with Gasteiger partial charge in [-0.2, -0.15) is 0 Å². The van der Waals surface area contributed by atoms with E-state index in [0.717, 1.165) is 5.69 Å². The highest BCUT2D eigenvalue weighted by Crippen LogP contribution is 2.30. The molecule has 2 aromatic carbocycles. The van der Waals surface area contributed by atoms with Crippen molar-refractivity contribution in [1.29, 1.82) is 0 Å². The number of methoxy groups -OCH3 is 1. The number of nitro benzene ring substituents is 1. The lowest BCUT2D eigenvalue weighted by atomic mass is 10.2. The molecule has 1 heterocycles. The molecule has 0 N–H and O–H groups in total. The highest BCUT2D eigenvalue weighted by molar-refractivity contribution is 6.30. The van der Waals surface area contributed by atoms with Crippen LogP contribution in [0.3, 0.4) is 0 Å². The van der Waals surface area contributed by atoms with Gasteiger partial charge in [-0.25, -0.2) is 0 Å². The molecule has 148 valence electrons. The molecule has 1 aliphatic rings. The second-order valence-electron chi connectivity index (χ2n) is 6.23. The number of amides is 1. The summed E-state index contributed by atoms with van der Waals surface area (Å²) in [6.07, 6.45) is 0. The predicted octanol–water partition coefficient (Wildman–Crippen LogP) is 2.98. The first-order valence-electron chi connectivity index (χ1n) is 8.71. The van der Waals surface area contributed by atoms with Crippen LogP contribution in [-0.4, -0.2) is 55.6 Å². The first-order chi connectivity index (χ1) is 13.5. The van der Waals surface area contributed by atoms with Crippen LogP contribution in [0.15, 0.2) is 42.5 Å². The van der Waals surface area contributed by atoms with Gasteiger partial charge in [0.15, 0.2) is 6.61 Å². The zero-order valence-corrected chi connectivity index (χ0v) is 16.1. The number of halogens is 1. The van der Waals surface area contributed by atoms with Gasteiger partial charge in [-0.3, -0.25) is 14.9 Å². The van der Waals surface area contributed by atoms with Crippen LogP contribution in [0, 0.1) is 10.1 Å². The molecule has 0 spiro atoms. The summed E-state index contributed by atoms with van der Waals surface area (Å²) in [5.41, 5.74) is 0.882. The van der Waals surface area contributed by atoms with Gasteiger partial charge in [0.1, 0.15) is 5.75 Å². The highest BCUT2D eigenvalue weighted by Gasteiger charge is 2.22. The van der Waals surface area contributed by atoms with Crippen molar-refractivity contribution in [2.45, 2.75) is 0 Å². The molecule has 3 rings (SSSR count). The molecule has 1 aliphatic heterocycles. The third kappa shape index (κ3) is 4.64. The number of nitro groups is 1. The predicted molar refractivity (Wildman–Crippen MR) is 105 cm³/mol. The van der Waals surface area contributed by atoms with Crippen molar-refractivity contribution >= 4 is 28.9 Å². The average molecular weight is 406 g/mol. The quantitative estimate of drug-likeness (QED) is 0.542.